The fourth-order valence-electron chi connectivity index (χ4n) is 10.3. The van der Waals surface area contributed by atoms with Crippen LogP contribution in [0.2, 0.25) is 0 Å². The van der Waals surface area contributed by atoms with Crippen LogP contribution in [-0.2, 0) is 28.6 Å². The Balaban J connectivity index is 4.31. The van der Waals surface area contributed by atoms with Crippen LogP contribution in [0.15, 0.2) is 97.2 Å². The average molecular weight is 1160 g/mol. The summed E-state index contributed by atoms with van der Waals surface area (Å²) in [5, 5.41) is 0. The molecule has 0 rings (SSSR count). The van der Waals surface area contributed by atoms with Crippen LogP contribution in [0.1, 0.15) is 355 Å². The molecule has 0 bridgehead atoms. The molecule has 0 aliphatic rings. The molecule has 478 valence electrons. The number of unbranched alkanes of at least 4 members (excludes halogenated alkanes) is 38. The molecule has 0 aliphatic carbocycles. The predicted octanol–water partition coefficient (Wildman–Crippen LogP) is 24.8. The van der Waals surface area contributed by atoms with Crippen molar-refractivity contribution in [2.75, 3.05) is 13.2 Å². The van der Waals surface area contributed by atoms with Crippen LogP contribution in [-0.4, -0.2) is 37.2 Å². The molecule has 0 N–H and O–H groups in total. The molecule has 0 fully saturated rings. The SMILES string of the molecule is CC/C=C\C/C=C\C/C=C\C/C=C\CCCCCCCCCCCCCCC(=O)OCC(COC(=O)CCCCCCC/C=C\C/C=C\C/C=C\CC)OC(=O)CCCCCCCCCCCCCCC/C=C\CCCCCCCCCC. The lowest BCUT2D eigenvalue weighted by molar-refractivity contribution is -0.167. The summed E-state index contributed by atoms with van der Waals surface area (Å²) in [7, 11) is 0. The molecular weight excluding hydrogens is 1020 g/mol. The molecule has 0 amide bonds. The van der Waals surface area contributed by atoms with Crippen molar-refractivity contribution < 1.29 is 28.6 Å². The van der Waals surface area contributed by atoms with Gasteiger partial charge in [0.2, 0.25) is 0 Å². The second kappa shape index (κ2) is 70.8. The van der Waals surface area contributed by atoms with Crippen molar-refractivity contribution in [1.82, 2.24) is 0 Å². The van der Waals surface area contributed by atoms with E-state index in [9.17, 15) is 14.4 Å². The number of esters is 3. The fraction of sp³-hybridized carbons (Fsp3) is 0.753. The first kappa shape index (κ1) is 79.3. The van der Waals surface area contributed by atoms with Gasteiger partial charge in [0.1, 0.15) is 13.2 Å². The van der Waals surface area contributed by atoms with Crippen molar-refractivity contribution >= 4 is 17.9 Å². The van der Waals surface area contributed by atoms with Gasteiger partial charge in [-0.1, -0.05) is 317 Å². The highest BCUT2D eigenvalue weighted by atomic mass is 16.6. The molecule has 0 spiro atoms. The Morgan fingerprint density at radius 2 is 0.470 bits per heavy atom. The van der Waals surface area contributed by atoms with E-state index in [4.69, 9.17) is 14.2 Å². The van der Waals surface area contributed by atoms with Crippen LogP contribution in [0.5, 0.6) is 0 Å². The molecule has 0 aromatic heterocycles. The first-order chi connectivity index (χ1) is 41.0. The topological polar surface area (TPSA) is 78.9 Å². The van der Waals surface area contributed by atoms with Gasteiger partial charge in [-0.25, -0.2) is 0 Å². The molecule has 6 nitrogen and oxygen atoms in total. The Morgan fingerprint density at radius 3 is 0.747 bits per heavy atom. The highest BCUT2D eigenvalue weighted by Gasteiger charge is 2.19. The van der Waals surface area contributed by atoms with Crippen LogP contribution in [0.3, 0.4) is 0 Å². The summed E-state index contributed by atoms with van der Waals surface area (Å²) in [6.45, 7) is 6.45. The van der Waals surface area contributed by atoms with E-state index in [0.717, 1.165) is 122 Å². The first-order valence-electron chi connectivity index (χ1n) is 35.7. The van der Waals surface area contributed by atoms with Gasteiger partial charge in [-0.3, -0.25) is 14.4 Å². The molecule has 0 aromatic carbocycles. The summed E-state index contributed by atoms with van der Waals surface area (Å²) in [6, 6.07) is 0. The quantitative estimate of drug-likeness (QED) is 0.0261. The summed E-state index contributed by atoms with van der Waals surface area (Å²) >= 11 is 0. The van der Waals surface area contributed by atoms with E-state index in [0.29, 0.717) is 19.3 Å². The molecule has 1 unspecified atom stereocenters. The third-order valence-electron chi connectivity index (χ3n) is 15.6. The molecule has 0 heterocycles. The Kier molecular flexibility index (Phi) is 67.7. The molecule has 0 saturated heterocycles. The van der Waals surface area contributed by atoms with E-state index < -0.39 is 6.10 Å². The lowest BCUT2D eigenvalue weighted by Crippen LogP contribution is -2.30. The van der Waals surface area contributed by atoms with E-state index in [1.807, 2.05) is 0 Å². The van der Waals surface area contributed by atoms with Crippen LogP contribution in [0.4, 0.5) is 0 Å². The third-order valence-corrected chi connectivity index (χ3v) is 15.6. The normalized spacial score (nSPS) is 12.7. The second-order valence-electron chi connectivity index (χ2n) is 23.7. The molecule has 0 aromatic rings. The summed E-state index contributed by atoms with van der Waals surface area (Å²) in [6.07, 6.45) is 95.8. The standard InChI is InChI=1S/C77H134O6/c1-4-7-10-13-16-19-22-25-28-30-32-34-36-38-40-42-44-46-49-52-55-58-61-64-67-70-76(79)82-73-74(72-81-75(78)69-66-63-60-57-54-51-48-27-24-21-18-15-12-9-6-3)83-77(80)71-68-65-62-59-56-53-50-47-45-43-41-39-37-35-33-31-29-26-23-20-17-14-11-8-5-2/h7,9-10,12,16,18-19,21,25,27-28,31-34,48,74H,4-6,8,11,13-15,17,20,22-24,26,29-30,35-47,49-73H2,1-3H3/b10-7-,12-9-,19-16-,21-18-,28-25-,33-31-,34-32-,48-27-. The molecule has 0 radical (unpaired) electrons. The van der Waals surface area contributed by atoms with Gasteiger partial charge < -0.3 is 14.2 Å². The van der Waals surface area contributed by atoms with Crippen molar-refractivity contribution in [3.63, 3.8) is 0 Å². The Hall–Kier alpha value is -3.67. The summed E-state index contributed by atoms with van der Waals surface area (Å²) in [4.78, 5) is 38.5. The minimum absolute atomic E-state index is 0.0821. The minimum Gasteiger partial charge on any atom is -0.462 e. The largest absolute Gasteiger partial charge is 0.462 e. The lowest BCUT2D eigenvalue weighted by Gasteiger charge is -2.18. The van der Waals surface area contributed by atoms with Gasteiger partial charge in [0, 0.05) is 19.3 Å². The zero-order valence-corrected chi connectivity index (χ0v) is 54.9. The summed E-state index contributed by atoms with van der Waals surface area (Å²) in [5.74, 6) is -0.884. The van der Waals surface area contributed by atoms with E-state index in [1.165, 1.54) is 193 Å². The van der Waals surface area contributed by atoms with Crippen LogP contribution in [0, 0.1) is 0 Å². The molecule has 6 heteroatoms. The van der Waals surface area contributed by atoms with Gasteiger partial charge in [0.25, 0.3) is 0 Å². The zero-order chi connectivity index (χ0) is 59.9. The third kappa shape index (κ3) is 69.0. The number of hydrogen-bond donors (Lipinski definition) is 0. The van der Waals surface area contributed by atoms with Gasteiger partial charge in [-0.15, -0.1) is 0 Å². The van der Waals surface area contributed by atoms with E-state index >= 15 is 0 Å². The van der Waals surface area contributed by atoms with Crippen molar-refractivity contribution in [2.45, 2.75) is 361 Å². The first-order valence-corrected chi connectivity index (χ1v) is 35.7. The Labute approximate surface area is 515 Å². The molecule has 1 atom stereocenters. The van der Waals surface area contributed by atoms with Crippen LogP contribution < -0.4 is 0 Å². The Bertz CT molecular complexity index is 1610. The maximum atomic E-state index is 13.0. The van der Waals surface area contributed by atoms with Gasteiger partial charge in [-0.2, -0.15) is 0 Å². The number of rotatable bonds is 65. The molecular formula is C77H134O6. The number of carbonyl (C=O) groups excluding carboxylic acids is 3. The smallest absolute Gasteiger partial charge is 0.306 e. The lowest BCUT2D eigenvalue weighted by atomic mass is 10.0. The molecule has 0 aliphatic heterocycles. The average Bonchev–Trinajstić information content (AvgIpc) is 3.49. The van der Waals surface area contributed by atoms with Gasteiger partial charge >= 0.3 is 17.9 Å². The fourth-order valence-corrected chi connectivity index (χ4v) is 10.3. The zero-order valence-electron chi connectivity index (χ0n) is 54.9. The highest BCUT2D eigenvalue weighted by Crippen LogP contribution is 2.17. The second-order valence-corrected chi connectivity index (χ2v) is 23.7. The number of carbonyl (C=O) groups is 3. The minimum atomic E-state index is -0.788. The van der Waals surface area contributed by atoms with E-state index in [1.54, 1.807) is 0 Å². The maximum Gasteiger partial charge on any atom is 0.306 e. The summed E-state index contributed by atoms with van der Waals surface area (Å²) < 4.78 is 17.0. The number of hydrogen-bond acceptors (Lipinski definition) is 6. The number of allylic oxidation sites excluding steroid dienone is 16. The van der Waals surface area contributed by atoms with E-state index in [-0.39, 0.29) is 31.1 Å². The van der Waals surface area contributed by atoms with Gasteiger partial charge in [0.05, 0.1) is 0 Å². The van der Waals surface area contributed by atoms with Crippen LogP contribution >= 0.6 is 0 Å². The predicted molar refractivity (Wildman–Crippen MR) is 362 cm³/mol. The van der Waals surface area contributed by atoms with Crippen molar-refractivity contribution in [3.8, 4) is 0 Å². The summed E-state index contributed by atoms with van der Waals surface area (Å²) in [5.41, 5.74) is 0. The van der Waals surface area contributed by atoms with Crippen molar-refractivity contribution in [3.05, 3.63) is 97.2 Å². The van der Waals surface area contributed by atoms with Crippen LogP contribution in [0.25, 0.3) is 0 Å². The van der Waals surface area contributed by atoms with Crippen molar-refractivity contribution in [2.24, 2.45) is 0 Å². The van der Waals surface area contributed by atoms with Gasteiger partial charge in [0.15, 0.2) is 6.10 Å². The van der Waals surface area contributed by atoms with E-state index in [2.05, 4.69) is 118 Å². The monoisotopic (exact) mass is 1160 g/mol. The Morgan fingerprint density at radius 1 is 0.253 bits per heavy atom. The molecule has 83 heavy (non-hydrogen) atoms. The number of ether oxygens (including phenoxy) is 3. The molecule has 0 saturated carbocycles. The maximum absolute atomic E-state index is 13.0. The van der Waals surface area contributed by atoms with Crippen molar-refractivity contribution in [1.29, 1.82) is 0 Å². The van der Waals surface area contributed by atoms with Gasteiger partial charge in [-0.05, 0) is 116 Å². The highest BCUT2D eigenvalue weighted by molar-refractivity contribution is 5.71.